The van der Waals surface area contributed by atoms with Gasteiger partial charge in [0.2, 0.25) is 0 Å². The number of amides is 1. The molecule has 0 saturated heterocycles. The number of alkyl halides is 3. The van der Waals surface area contributed by atoms with E-state index in [1.165, 1.54) is 0 Å². The third kappa shape index (κ3) is 3.54. The molecule has 1 heterocycles. The van der Waals surface area contributed by atoms with Gasteiger partial charge < -0.3 is 9.84 Å². The minimum atomic E-state index is -5.02. The Labute approximate surface area is 155 Å². The predicted octanol–water partition coefficient (Wildman–Crippen LogP) is 3.57. The van der Waals surface area contributed by atoms with Crippen LogP contribution in [0.2, 0.25) is 0 Å². The molecule has 2 aliphatic rings. The Bertz CT molecular complexity index is 758. The third-order valence-electron chi connectivity index (χ3n) is 5.18. The molecule has 8 heteroatoms. The van der Waals surface area contributed by atoms with Crippen molar-refractivity contribution < 1.29 is 27.8 Å². The van der Waals surface area contributed by atoms with Crippen molar-refractivity contribution in [2.75, 3.05) is 6.61 Å². The zero-order valence-electron chi connectivity index (χ0n) is 15.5. The van der Waals surface area contributed by atoms with Crippen LogP contribution < -0.4 is 4.74 Å². The number of carbonyl (C=O) groups is 1. The van der Waals surface area contributed by atoms with Crippen molar-refractivity contribution in [3.63, 3.8) is 0 Å². The number of nitrogens with zero attached hydrogens (tertiary/aromatic N) is 2. The quantitative estimate of drug-likeness (QED) is 0.867. The first-order chi connectivity index (χ1) is 12.5. The summed E-state index contributed by atoms with van der Waals surface area (Å²) >= 11 is 0. The zero-order valence-corrected chi connectivity index (χ0v) is 15.5. The molecular weight excluding hydrogens is 361 g/mol. The molecule has 1 N–H and O–H groups in total. The molecular formula is C19H23F3N2O3. The molecule has 1 aliphatic heterocycles. The van der Waals surface area contributed by atoms with Gasteiger partial charge in [0, 0.05) is 5.71 Å². The maximum Gasteiger partial charge on any atom is 0.439 e. The molecule has 1 aromatic carbocycles. The summed E-state index contributed by atoms with van der Waals surface area (Å²) in [6.07, 6.45) is -3.86. The summed E-state index contributed by atoms with van der Waals surface area (Å²) in [6.45, 7) is 4.90. The highest BCUT2D eigenvalue weighted by Gasteiger charge is 2.68. The zero-order chi connectivity index (χ0) is 20.0. The SMILES string of the molecule is Cc1cc(C)cc(OCC(=O)N2N=C3CC[C@H](C)C[C@@H]3[C@]2(O)C(F)(F)F)c1. The third-order valence-corrected chi connectivity index (χ3v) is 5.18. The minimum Gasteiger partial charge on any atom is -0.484 e. The second kappa shape index (κ2) is 6.82. The molecule has 0 bridgehead atoms. The van der Waals surface area contributed by atoms with Crippen LogP contribution in [0.1, 0.15) is 37.3 Å². The Morgan fingerprint density at radius 1 is 1.33 bits per heavy atom. The van der Waals surface area contributed by atoms with Gasteiger partial charge in [-0.05, 0) is 62.3 Å². The van der Waals surface area contributed by atoms with Crippen molar-refractivity contribution in [2.45, 2.75) is 51.9 Å². The number of benzene rings is 1. The van der Waals surface area contributed by atoms with Gasteiger partial charge in [-0.2, -0.15) is 23.3 Å². The Hall–Kier alpha value is -2.09. The van der Waals surface area contributed by atoms with E-state index in [4.69, 9.17) is 4.74 Å². The molecule has 0 spiro atoms. The van der Waals surface area contributed by atoms with Crippen molar-refractivity contribution in [3.05, 3.63) is 29.3 Å². The van der Waals surface area contributed by atoms with E-state index in [2.05, 4.69) is 5.10 Å². The van der Waals surface area contributed by atoms with E-state index in [1.807, 2.05) is 26.8 Å². The Morgan fingerprint density at radius 2 is 1.96 bits per heavy atom. The van der Waals surface area contributed by atoms with E-state index in [-0.39, 0.29) is 23.1 Å². The van der Waals surface area contributed by atoms with Crippen LogP contribution >= 0.6 is 0 Å². The minimum absolute atomic E-state index is 0.0180. The van der Waals surface area contributed by atoms with Gasteiger partial charge in [0.05, 0.1) is 5.92 Å². The van der Waals surface area contributed by atoms with Gasteiger partial charge in [0.15, 0.2) is 6.61 Å². The molecule has 1 saturated carbocycles. The highest BCUT2D eigenvalue weighted by atomic mass is 19.4. The average molecular weight is 384 g/mol. The van der Waals surface area contributed by atoms with Crippen molar-refractivity contribution in [1.82, 2.24) is 5.01 Å². The number of aryl methyl sites for hydroxylation is 2. The molecule has 5 nitrogen and oxygen atoms in total. The van der Waals surface area contributed by atoms with E-state index in [0.717, 1.165) is 11.1 Å². The lowest BCUT2D eigenvalue weighted by atomic mass is 9.76. The standard InChI is InChI=1S/C19H23F3N2O3/c1-11-4-5-16-15(9-11)18(26,19(20,21)22)24(23-16)17(25)10-27-14-7-12(2)6-13(3)8-14/h6-8,11,15,26H,4-5,9-10H2,1-3H3/t11-,15-,18-/m0/s1. The smallest absolute Gasteiger partial charge is 0.439 e. The molecule has 1 aromatic rings. The van der Waals surface area contributed by atoms with Gasteiger partial charge in [-0.15, -0.1) is 0 Å². The number of hydrazone groups is 1. The van der Waals surface area contributed by atoms with Crippen molar-refractivity contribution >= 4 is 11.6 Å². The number of fused-ring (bicyclic) bond motifs is 1. The first-order valence-corrected chi connectivity index (χ1v) is 8.93. The topological polar surface area (TPSA) is 62.1 Å². The van der Waals surface area contributed by atoms with E-state index < -0.39 is 30.3 Å². The molecule has 0 aromatic heterocycles. The molecule has 3 atom stereocenters. The molecule has 1 aliphatic carbocycles. The number of ether oxygens (including phenoxy) is 1. The highest BCUT2D eigenvalue weighted by molar-refractivity contribution is 5.93. The lowest BCUT2D eigenvalue weighted by Crippen LogP contribution is -2.62. The number of hydrogen-bond donors (Lipinski definition) is 1. The Morgan fingerprint density at radius 3 is 2.56 bits per heavy atom. The van der Waals surface area contributed by atoms with Gasteiger partial charge >= 0.3 is 6.18 Å². The number of rotatable bonds is 3. The highest BCUT2D eigenvalue weighted by Crippen LogP contribution is 2.49. The first-order valence-electron chi connectivity index (χ1n) is 8.93. The fraction of sp³-hybridized carbons (Fsp3) is 0.579. The van der Waals surface area contributed by atoms with Gasteiger partial charge in [-0.1, -0.05) is 13.0 Å². The van der Waals surface area contributed by atoms with Crippen molar-refractivity contribution in [3.8, 4) is 5.75 Å². The molecule has 148 valence electrons. The molecule has 0 radical (unpaired) electrons. The fourth-order valence-electron chi connectivity index (χ4n) is 3.88. The van der Waals surface area contributed by atoms with E-state index >= 15 is 0 Å². The van der Waals surface area contributed by atoms with Gasteiger partial charge in [-0.3, -0.25) is 4.79 Å². The normalized spacial score (nSPS) is 28.0. The Kier molecular flexibility index (Phi) is 4.96. The maximum atomic E-state index is 13.8. The monoisotopic (exact) mass is 384 g/mol. The summed E-state index contributed by atoms with van der Waals surface area (Å²) in [6, 6.07) is 5.29. The van der Waals surface area contributed by atoms with Crippen LogP contribution in [0.25, 0.3) is 0 Å². The second-order valence-electron chi connectivity index (χ2n) is 7.57. The van der Waals surface area contributed by atoms with E-state index in [9.17, 15) is 23.1 Å². The predicted molar refractivity (Wildman–Crippen MR) is 93.2 cm³/mol. The van der Waals surface area contributed by atoms with Crippen molar-refractivity contribution in [1.29, 1.82) is 0 Å². The number of aliphatic hydroxyl groups is 1. The Balaban J connectivity index is 1.82. The maximum absolute atomic E-state index is 13.8. The van der Waals surface area contributed by atoms with Crippen LogP contribution in [-0.2, 0) is 4.79 Å². The molecule has 1 fully saturated rings. The van der Waals surface area contributed by atoms with Gasteiger partial charge in [0.1, 0.15) is 5.75 Å². The largest absolute Gasteiger partial charge is 0.484 e. The van der Waals surface area contributed by atoms with E-state index in [1.54, 1.807) is 12.1 Å². The van der Waals surface area contributed by atoms with Gasteiger partial charge in [0.25, 0.3) is 11.6 Å². The summed E-state index contributed by atoms with van der Waals surface area (Å²) in [5.41, 5.74) is -1.27. The second-order valence-corrected chi connectivity index (χ2v) is 7.57. The summed E-state index contributed by atoms with van der Waals surface area (Å²) in [5.74, 6) is -1.85. The molecule has 27 heavy (non-hydrogen) atoms. The molecule has 1 amide bonds. The molecule has 0 unspecified atom stereocenters. The van der Waals surface area contributed by atoms with Crippen LogP contribution in [0.15, 0.2) is 23.3 Å². The summed E-state index contributed by atoms with van der Waals surface area (Å²) in [7, 11) is 0. The van der Waals surface area contributed by atoms with Crippen LogP contribution in [0.5, 0.6) is 5.75 Å². The lowest BCUT2D eigenvalue weighted by molar-refractivity contribution is -0.318. The number of hydrogen-bond acceptors (Lipinski definition) is 4. The van der Waals surface area contributed by atoms with Crippen LogP contribution in [0.4, 0.5) is 13.2 Å². The summed E-state index contributed by atoms with van der Waals surface area (Å²) in [4.78, 5) is 12.5. The number of carbonyl (C=O) groups excluding carboxylic acids is 1. The van der Waals surface area contributed by atoms with Crippen LogP contribution in [0, 0.1) is 25.7 Å². The summed E-state index contributed by atoms with van der Waals surface area (Å²) in [5, 5.41) is 14.6. The van der Waals surface area contributed by atoms with Crippen LogP contribution in [0.3, 0.4) is 0 Å². The first kappa shape index (κ1) is 19.7. The average Bonchev–Trinajstić information content (AvgIpc) is 2.85. The fourth-order valence-corrected chi connectivity index (χ4v) is 3.88. The van der Waals surface area contributed by atoms with Crippen molar-refractivity contribution in [2.24, 2.45) is 16.9 Å². The number of halogens is 3. The summed E-state index contributed by atoms with van der Waals surface area (Å²) < 4.78 is 46.7. The van der Waals surface area contributed by atoms with E-state index in [0.29, 0.717) is 18.6 Å². The van der Waals surface area contributed by atoms with Crippen LogP contribution in [-0.4, -0.2) is 40.2 Å². The molecule has 3 rings (SSSR count). The lowest BCUT2D eigenvalue weighted by Gasteiger charge is -2.39. The van der Waals surface area contributed by atoms with Gasteiger partial charge in [-0.25, -0.2) is 0 Å².